The van der Waals surface area contributed by atoms with Crippen LogP contribution in [0.1, 0.15) is 29.2 Å². The minimum absolute atomic E-state index is 0.0462. The third-order valence-electron chi connectivity index (χ3n) is 4.93. The lowest BCUT2D eigenvalue weighted by atomic mass is 9.75. The van der Waals surface area contributed by atoms with Crippen LogP contribution in [0, 0.1) is 13.8 Å². The van der Waals surface area contributed by atoms with Crippen molar-refractivity contribution in [2.24, 2.45) is 0 Å². The average Bonchev–Trinajstić information content (AvgIpc) is 2.87. The Balaban J connectivity index is 2.02. The molecular formula is C18H19NO2. The van der Waals surface area contributed by atoms with Gasteiger partial charge < -0.3 is 14.8 Å². The molecule has 21 heavy (non-hydrogen) atoms. The van der Waals surface area contributed by atoms with E-state index in [2.05, 4.69) is 56.4 Å². The highest BCUT2D eigenvalue weighted by Gasteiger charge is 2.53. The summed E-state index contributed by atoms with van der Waals surface area (Å²) in [5.41, 5.74) is 5.82. The number of nitrogens with one attached hydrogen (secondary N) is 1. The summed E-state index contributed by atoms with van der Waals surface area (Å²) in [5.74, 6) is 1.93. The molecule has 0 fully saturated rings. The van der Waals surface area contributed by atoms with Crippen LogP contribution in [0.2, 0.25) is 0 Å². The maximum absolute atomic E-state index is 6.21. The van der Waals surface area contributed by atoms with Gasteiger partial charge in [0.2, 0.25) is 0 Å². The number of methoxy groups -OCH3 is 1. The van der Waals surface area contributed by atoms with Gasteiger partial charge in [0.1, 0.15) is 11.5 Å². The molecule has 2 atom stereocenters. The van der Waals surface area contributed by atoms with E-state index in [1.54, 1.807) is 7.11 Å². The van der Waals surface area contributed by atoms with Gasteiger partial charge in [-0.25, -0.2) is 0 Å². The summed E-state index contributed by atoms with van der Waals surface area (Å²) in [5, 5.41) is 3.50. The summed E-state index contributed by atoms with van der Waals surface area (Å²) < 4.78 is 11.8. The molecule has 2 heterocycles. The maximum atomic E-state index is 6.21. The van der Waals surface area contributed by atoms with Gasteiger partial charge in [-0.3, -0.25) is 0 Å². The predicted molar refractivity (Wildman–Crippen MR) is 83.4 cm³/mol. The highest BCUT2D eigenvalue weighted by molar-refractivity contribution is 5.71. The van der Waals surface area contributed by atoms with Crippen molar-refractivity contribution < 1.29 is 9.47 Å². The van der Waals surface area contributed by atoms with E-state index >= 15 is 0 Å². The lowest BCUT2D eigenvalue weighted by Gasteiger charge is -2.25. The molecule has 2 aliphatic rings. The minimum Gasteiger partial charge on any atom is -0.496 e. The van der Waals surface area contributed by atoms with Crippen LogP contribution in [0.4, 0.5) is 5.69 Å². The molecule has 0 saturated heterocycles. The molecule has 0 amide bonds. The van der Waals surface area contributed by atoms with Crippen molar-refractivity contribution >= 4 is 5.69 Å². The van der Waals surface area contributed by atoms with Crippen molar-refractivity contribution in [3.05, 3.63) is 52.6 Å². The number of hydrogen-bond acceptors (Lipinski definition) is 3. The largest absolute Gasteiger partial charge is 0.496 e. The summed E-state index contributed by atoms with van der Waals surface area (Å²) in [7, 11) is 1.73. The molecule has 0 unspecified atom stereocenters. The Hall–Kier alpha value is -2.16. The smallest absolute Gasteiger partial charge is 0.183 e. The van der Waals surface area contributed by atoms with E-state index in [1.165, 1.54) is 16.7 Å². The molecule has 1 N–H and O–H groups in total. The molecular weight excluding hydrogens is 262 g/mol. The molecule has 0 saturated carbocycles. The highest BCUT2D eigenvalue weighted by atomic mass is 16.5. The lowest BCUT2D eigenvalue weighted by molar-refractivity contribution is 0.217. The van der Waals surface area contributed by atoms with Gasteiger partial charge in [0.05, 0.1) is 12.5 Å². The quantitative estimate of drug-likeness (QED) is 0.863. The molecule has 4 rings (SSSR count). The van der Waals surface area contributed by atoms with Crippen LogP contribution in [0.25, 0.3) is 0 Å². The second kappa shape index (κ2) is 3.94. The van der Waals surface area contributed by atoms with Crippen LogP contribution in [0.5, 0.6) is 11.5 Å². The fourth-order valence-corrected chi connectivity index (χ4v) is 4.01. The number of aryl methyl sites for hydroxylation is 1. The van der Waals surface area contributed by atoms with Crippen LogP contribution in [0.3, 0.4) is 0 Å². The molecule has 3 heteroatoms. The predicted octanol–water partition coefficient (Wildman–Crippen LogP) is 3.76. The van der Waals surface area contributed by atoms with Crippen LogP contribution < -0.4 is 14.8 Å². The number of para-hydroxylation sites is 1. The Morgan fingerprint density at radius 2 is 2.00 bits per heavy atom. The minimum atomic E-state index is -0.170. The SMILES string of the molecule is COc1c(C)cc2c(c1C)[C@]1(C)c3ccccc3N[C@@H]1O2. The topological polar surface area (TPSA) is 30.5 Å². The molecule has 0 bridgehead atoms. The fourth-order valence-electron chi connectivity index (χ4n) is 4.01. The molecule has 2 aromatic rings. The van der Waals surface area contributed by atoms with Crippen LogP contribution in [-0.4, -0.2) is 13.3 Å². The Labute approximate surface area is 124 Å². The van der Waals surface area contributed by atoms with Crippen LogP contribution >= 0.6 is 0 Å². The third-order valence-corrected chi connectivity index (χ3v) is 4.93. The van der Waals surface area contributed by atoms with Crippen molar-refractivity contribution in [2.45, 2.75) is 32.4 Å². The number of rotatable bonds is 1. The summed E-state index contributed by atoms with van der Waals surface area (Å²) in [6.45, 7) is 6.44. The average molecular weight is 281 g/mol. The highest BCUT2D eigenvalue weighted by Crippen LogP contribution is 2.56. The van der Waals surface area contributed by atoms with E-state index in [9.17, 15) is 0 Å². The first-order valence-corrected chi connectivity index (χ1v) is 7.28. The Morgan fingerprint density at radius 3 is 2.76 bits per heavy atom. The monoisotopic (exact) mass is 281 g/mol. The van der Waals surface area contributed by atoms with Crippen molar-refractivity contribution in [1.29, 1.82) is 0 Å². The third kappa shape index (κ3) is 1.39. The van der Waals surface area contributed by atoms with E-state index in [1.807, 2.05) is 0 Å². The first kappa shape index (κ1) is 12.6. The Kier molecular flexibility index (Phi) is 2.36. The van der Waals surface area contributed by atoms with Gasteiger partial charge in [-0.2, -0.15) is 0 Å². The van der Waals surface area contributed by atoms with Crippen molar-refractivity contribution in [3.63, 3.8) is 0 Å². The zero-order valence-corrected chi connectivity index (χ0v) is 12.8. The summed E-state index contributed by atoms with van der Waals surface area (Å²) in [6, 6.07) is 10.5. The normalized spacial score (nSPS) is 24.7. The zero-order chi connectivity index (χ0) is 14.8. The molecule has 0 spiro atoms. The second-order valence-corrected chi connectivity index (χ2v) is 6.12. The fraction of sp³-hybridized carbons (Fsp3) is 0.333. The summed E-state index contributed by atoms with van der Waals surface area (Å²) in [6.07, 6.45) is -0.0462. The Morgan fingerprint density at radius 1 is 1.24 bits per heavy atom. The first-order valence-electron chi connectivity index (χ1n) is 7.28. The zero-order valence-electron chi connectivity index (χ0n) is 12.8. The van der Waals surface area contributed by atoms with Gasteiger partial charge in [0.15, 0.2) is 6.23 Å². The van der Waals surface area contributed by atoms with E-state index in [4.69, 9.17) is 9.47 Å². The maximum Gasteiger partial charge on any atom is 0.183 e. The van der Waals surface area contributed by atoms with Crippen molar-refractivity contribution in [2.75, 3.05) is 12.4 Å². The summed E-state index contributed by atoms with van der Waals surface area (Å²) >= 11 is 0. The van der Waals surface area contributed by atoms with Crippen molar-refractivity contribution in [3.8, 4) is 11.5 Å². The number of ether oxygens (including phenoxy) is 2. The number of benzene rings is 2. The van der Waals surface area contributed by atoms with E-state index in [-0.39, 0.29) is 11.6 Å². The van der Waals surface area contributed by atoms with Gasteiger partial charge >= 0.3 is 0 Å². The molecule has 0 aliphatic carbocycles. The number of fused-ring (bicyclic) bond motifs is 5. The van der Waals surface area contributed by atoms with Crippen LogP contribution in [0.15, 0.2) is 30.3 Å². The van der Waals surface area contributed by atoms with E-state index < -0.39 is 0 Å². The second-order valence-electron chi connectivity index (χ2n) is 6.12. The number of anilines is 1. The van der Waals surface area contributed by atoms with Gasteiger partial charge in [-0.1, -0.05) is 18.2 Å². The molecule has 3 nitrogen and oxygen atoms in total. The first-order chi connectivity index (χ1) is 10.1. The number of hydrogen-bond donors (Lipinski definition) is 1. The lowest BCUT2D eigenvalue weighted by Crippen LogP contribution is -2.36. The Bertz CT molecular complexity index is 753. The van der Waals surface area contributed by atoms with E-state index in [0.717, 1.165) is 22.7 Å². The van der Waals surface area contributed by atoms with Gasteiger partial charge in [0.25, 0.3) is 0 Å². The molecule has 0 radical (unpaired) electrons. The van der Waals surface area contributed by atoms with Gasteiger partial charge in [-0.15, -0.1) is 0 Å². The van der Waals surface area contributed by atoms with Gasteiger partial charge in [0, 0.05) is 11.3 Å². The van der Waals surface area contributed by atoms with Crippen LogP contribution in [-0.2, 0) is 5.41 Å². The molecule has 0 aromatic heterocycles. The molecule has 108 valence electrons. The van der Waals surface area contributed by atoms with E-state index in [0.29, 0.717) is 0 Å². The molecule has 2 aliphatic heterocycles. The van der Waals surface area contributed by atoms with Crippen molar-refractivity contribution in [1.82, 2.24) is 0 Å². The molecule has 2 aromatic carbocycles. The standard InChI is InChI=1S/C18H19NO2/c1-10-9-14-15(11(2)16(10)20-4)18(3)12-7-5-6-8-13(12)19-17(18)21-14/h5-9,17,19H,1-4H3/t17-,18+/m1/s1. The summed E-state index contributed by atoms with van der Waals surface area (Å²) in [4.78, 5) is 0. The van der Waals surface area contributed by atoms with Gasteiger partial charge in [-0.05, 0) is 49.6 Å².